The second kappa shape index (κ2) is 6.72. The fraction of sp³-hybridized carbons (Fsp3) is 0.429. The van der Waals surface area contributed by atoms with E-state index in [4.69, 9.17) is 4.74 Å². The fourth-order valence-electron chi connectivity index (χ4n) is 2.30. The Bertz CT molecular complexity index is 572. The summed E-state index contributed by atoms with van der Waals surface area (Å²) in [5.41, 5.74) is 1.75. The number of halogens is 1. The second-order valence-corrected chi connectivity index (χ2v) is 4.68. The van der Waals surface area contributed by atoms with Crippen LogP contribution in [0.5, 0.6) is 5.88 Å². The number of aromatic nitrogens is 2. The summed E-state index contributed by atoms with van der Waals surface area (Å²) in [4.78, 5) is 9.12. The van der Waals surface area contributed by atoms with Crippen molar-refractivity contribution >= 4 is 29.3 Å². The molecule has 0 saturated carbocycles. The van der Waals surface area contributed by atoms with Crippen molar-refractivity contribution in [1.29, 1.82) is 0 Å². The van der Waals surface area contributed by atoms with Gasteiger partial charge in [0.2, 0.25) is 0 Å². The summed E-state index contributed by atoms with van der Waals surface area (Å²) in [7, 11) is 1.84. The molecule has 1 saturated heterocycles. The highest BCUT2D eigenvalue weighted by Gasteiger charge is 2.18. The van der Waals surface area contributed by atoms with E-state index in [0.717, 1.165) is 37.0 Å². The van der Waals surface area contributed by atoms with Crippen LogP contribution in [-0.2, 0) is 0 Å². The highest BCUT2D eigenvalue weighted by Crippen LogP contribution is 2.25. The lowest BCUT2D eigenvalue weighted by molar-refractivity contribution is 0.157. The zero-order valence-electron chi connectivity index (χ0n) is 11.4. The summed E-state index contributed by atoms with van der Waals surface area (Å²) in [6.45, 7) is 2.00. The Kier molecular flexibility index (Phi) is 4.98. The van der Waals surface area contributed by atoms with Crippen LogP contribution in [0.15, 0.2) is 24.3 Å². The third kappa shape index (κ3) is 3.11. The molecule has 0 aliphatic carbocycles. The van der Waals surface area contributed by atoms with Crippen molar-refractivity contribution in [2.75, 3.05) is 25.5 Å². The number of nitrogens with zero attached hydrogens (tertiary/aromatic N) is 2. The number of hydrogen-bond donors (Lipinski definition) is 2. The zero-order valence-corrected chi connectivity index (χ0v) is 12.2. The number of nitrogens with one attached hydrogen (secondary N) is 2. The molecule has 1 aromatic heterocycles. The van der Waals surface area contributed by atoms with Gasteiger partial charge in [-0.1, -0.05) is 12.1 Å². The van der Waals surface area contributed by atoms with Crippen LogP contribution in [-0.4, -0.2) is 36.2 Å². The molecule has 5 nitrogen and oxygen atoms in total. The SMILES string of the molecule is CNc1nc2ccccc2nc1OC1CCNCC1.Cl. The second-order valence-electron chi connectivity index (χ2n) is 4.68. The van der Waals surface area contributed by atoms with Crippen LogP contribution in [0.3, 0.4) is 0 Å². The number of benzene rings is 1. The summed E-state index contributed by atoms with van der Waals surface area (Å²) in [5, 5.41) is 6.39. The summed E-state index contributed by atoms with van der Waals surface area (Å²) < 4.78 is 6.01. The summed E-state index contributed by atoms with van der Waals surface area (Å²) in [6, 6.07) is 7.84. The van der Waals surface area contributed by atoms with Crippen molar-refractivity contribution in [2.45, 2.75) is 18.9 Å². The lowest BCUT2D eigenvalue weighted by atomic mass is 10.1. The van der Waals surface area contributed by atoms with Crippen LogP contribution in [0.1, 0.15) is 12.8 Å². The molecule has 3 rings (SSSR count). The first-order chi connectivity index (χ1) is 9.36. The lowest BCUT2D eigenvalue weighted by Gasteiger charge is -2.24. The van der Waals surface area contributed by atoms with Crippen LogP contribution in [0.25, 0.3) is 11.0 Å². The van der Waals surface area contributed by atoms with Gasteiger partial charge in [0.1, 0.15) is 6.10 Å². The van der Waals surface area contributed by atoms with E-state index in [0.29, 0.717) is 11.7 Å². The quantitative estimate of drug-likeness (QED) is 0.909. The molecule has 0 atom stereocenters. The molecule has 0 unspecified atom stereocenters. The first-order valence-corrected chi connectivity index (χ1v) is 6.69. The molecule has 2 N–H and O–H groups in total. The number of piperidine rings is 1. The van der Waals surface area contributed by atoms with Gasteiger partial charge >= 0.3 is 0 Å². The van der Waals surface area contributed by atoms with Gasteiger partial charge in [-0.05, 0) is 38.1 Å². The Morgan fingerprint density at radius 1 is 1.15 bits per heavy atom. The van der Waals surface area contributed by atoms with Gasteiger partial charge < -0.3 is 15.4 Å². The summed E-state index contributed by atoms with van der Waals surface area (Å²) >= 11 is 0. The number of fused-ring (bicyclic) bond motifs is 1. The van der Waals surface area contributed by atoms with Crippen molar-refractivity contribution < 1.29 is 4.74 Å². The van der Waals surface area contributed by atoms with Crippen molar-refractivity contribution in [3.05, 3.63) is 24.3 Å². The van der Waals surface area contributed by atoms with E-state index in [-0.39, 0.29) is 18.5 Å². The Morgan fingerprint density at radius 2 is 1.80 bits per heavy atom. The van der Waals surface area contributed by atoms with Crippen LogP contribution >= 0.6 is 12.4 Å². The van der Waals surface area contributed by atoms with Crippen LogP contribution in [0.2, 0.25) is 0 Å². The number of ether oxygens (including phenoxy) is 1. The molecule has 0 radical (unpaired) electrons. The smallest absolute Gasteiger partial charge is 0.258 e. The third-order valence-corrected chi connectivity index (χ3v) is 3.34. The molecule has 1 aromatic carbocycles. The van der Waals surface area contributed by atoms with Crippen molar-refractivity contribution in [3.63, 3.8) is 0 Å². The predicted molar refractivity (Wildman–Crippen MR) is 82.9 cm³/mol. The van der Waals surface area contributed by atoms with Gasteiger partial charge in [-0.15, -0.1) is 12.4 Å². The molecule has 1 aliphatic heterocycles. The van der Waals surface area contributed by atoms with Gasteiger partial charge in [-0.3, -0.25) is 0 Å². The van der Waals surface area contributed by atoms with Crippen molar-refractivity contribution in [2.24, 2.45) is 0 Å². The monoisotopic (exact) mass is 294 g/mol. The predicted octanol–water partition coefficient (Wildman–Crippen LogP) is 2.22. The Morgan fingerprint density at radius 3 is 2.45 bits per heavy atom. The number of anilines is 1. The number of hydrogen-bond acceptors (Lipinski definition) is 5. The molecule has 1 fully saturated rings. The molecule has 6 heteroatoms. The third-order valence-electron chi connectivity index (χ3n) is 3.34. The van der Waals surface area contributed by atoms with E-state index in [1.807, 2.05) is 31.3 Å². The van der Waals surface area contributed by atoms with Gasteiger partial charge in [0, 0.05) is 7.05 Å². The highest BCUT2D eigenvalue weighted by molar-refractivity contribution is 5.85. The normalized spacial score (nSPS) is 15.7. The summed E-state index contributed by atoms with van der Waals surface area (Å²) in [5.74, 6) is 1.31. The highest BCUT2D eigenvalue weighted by atomic mass is 35.5. The minimum atomic E-state index is 0. The number of para-hydroxylation sites is 2. The van der Waals surface area contributed by atoms with E-state index in [2.05, 4.69) is 20.6 Å². The molecular formula is C14H19ClN4O. The lowest BCUT2D eigenvalue weighted by Crippen LogP contribution is -2.34. The van der Waals surface area contributed by atoms with Gasteiger partial charge in [-0.25, -0.2) is 9.97 Å². The maximum Gasteiger partial charge on any atom is 0.258 e. The van der Waals surface area contributed by atoms with Crippen LogP contribution in [0.4, 0.5) is 5.82 Å². The molecule has 2 aromatic rings. The van der Waals surface area contributed by atoms with Gasteiger partial charge in [-0.2, -0.15) is 0 Å². The molecule has 0 bridgehead atoms. The Labute approximate surface area is 124 Å². The first-order valence-electron chi connectivity index (χ1n) is 6.69. The van der Waals surface area contributed by atoms with E-state index in [1.165, 1.54) is 0 Å². The molecule has 0 amide bonds. The van der Waals surface area contributed by atoms with E-state index in [1.54, 1.807) is 0 Å². The van der Waals surface area contributed by atoms with Gasteiger partial charge in [0.25, 0.3) is 5.88 Å². The van der Waals surface area contributed by atoms with Crippen LogP contribution in [0, 0.1) is 0 Å². The molecule has 1 aliphatic rings. The van der Waals surface area contributed by atoms with Crippen molar-refractivity contribution in [1.82, 2.24) is 15.3 Å². The minimum absolute atomic E-state index is 0. The Hall–Kier alpha value is -1.59. The standard InChI is InChI=1S/C14H18N4O.ClH/c1-15-13-14(19-10-6-8-16-9-7-10)18-12-5-3-2-4-11(12)17-13;/h2-5,10,16H,6-9H2,1H3,(H,15,17);1H. The molecule has 0 spiro atoms. The molecule has 108 valence electrons. The molecule has 2 heterocycles. The van der Waals surface area contributed by atoms with Crippen LogP contribution < -0.4 is 15.4 Å². The topological polar surface area (TPSA) is 59.1 Å². The largest absolute Gasteiger partial charge is 0.472 e. The van der Waals surface area contributed by atoms with Gasteiger partial charge in [0.15, 0.2) is 5.82 Å². The fourth-order valence-corrected chi connectivity index (χ4v) is 2.30. The molecular weight excluding hydrogens is 276 g/mol. The molecule has 20 heavy (non-hydrogen) atoms. The van der Waals surface area contributed by atoms with E-state index in [9.17, 15) is 0 Å². The zero-order chi connectivity index (χ0) is 13.1. The Balaban J connectivity index is 0.00000147. The number of rotatable bonds is 3. The van der Waals surface area contributed by atoms with E-state index < -0.39 is 0 Å². The summed E-state index contributed by atoms with van der Waals surface area (Å²) in [6.07, 6.45) is 2.25. The average molecular weight is 295 g/mol. The average Bonchev–Trinajstić information content (AvgIpc) is 2.47. The van der Waals surface area contributed by atoms with Gasteiger partial charge in [0.05, 0.1) is 11.0 Å². The minimum Gasteiger partial charge on any atom is -0.472 e. The maximum atomic E-state index is 6.01. The maximum absolute atomic E-state index is 6.01. The first kappa shape index (κ1) is 14.8. The van der Waals surface area contributed by atoms with E-state index >= 15 is 0 Å². The van der Waals surface area contributed by atoms with Crippen molar-refractivity contribution in [3.8, 4) is 5.88 Å².